The molecule has 1 aromatic heterocycles. The van der Waals surface area contributed by atoms with E-state index >= 15 is 0 Å². The molecule has 102 valence electrons. The van der Waals surface area contributed by atoms with Crippen molar-refractivity contribution in [1.82, 2.24) is 4.98 Å². The van der Waals surface area contributed by atoms with E-state index in [1.807, 2.05) is 0 Å². The number of hydrogen-bond acceptors (Lipinski definition) is 4. The molecule has 0 aliphatic carbocycles. The number of anilines is 1. The highest BCUT2D eigenvalue weighted by atomic mass is 35.5. The van der Waals surface area contributed by atoms with Gasteiger partial charge in [0.2, 0.25) is 10.0 Å². The fourth-order valence-corrected chi connectivity index (χ4v) is 1.67. The normalized spacial score (nSPS) is 12.5. The van der Waals surface area contributed by atoms with Crippen LogP contribution in [0.4, 0.5) is 19.0 Å². The van der Waals surface area contributed by atoms with Gasteiger partial charge in [-0.1, -0.05) is 11.6 Å². The summed E-state index contributed by atoms with van der Waals surface area (Å²) in [6.07, 6.45) is -4.55. The second-order valence-corrected chi connectivity index (χ2v) is 5.48. The molecule has 0 unspecified atom stereocenters. The Morgan fingerprint density at radius 3 is 2.50 bits per heavy atom. The topological polar surface area (TPSA) is 85.1 Å². The molecule has 0 fully saturated rings. The van der Waals surface area contributed by atoms with Gasteiger partial charge in [-0.15, -0.1) is 0 Å². The molecule has 0 saturated heterocycles. The van der Waals surface area contributed by atoms with Crippen molar-refractivity contribution in [3.63, 3.8) is 0 Å². The summed E-state index contributed by atoms with van der Waals surface area (Å²) in [6.45, 7) is -0.163. The summed E-state index contributed by atoms with van der Waals surface area (Å²) in [5, 5.41) is 6.79. The van der Waals surface area contributed by atoms with Crippen molar-refractivity contribution in [3.8, 4) is 0 Å². The third kappa shape index (κ3) is 5.07. The molecule has 1 aromatic rings. The maximum Gasteiger partial charge on any atom is 0.416 e. The fraction of sp³-hybridized carbons (Fsp3) is 0.375. The van der Waals surface area contributed by atoms with E-state index < -0.39 is 27.5 Å². The molecule has 0 amide bonds. The number of nitrogens with zero attached hydrogens (tertiary/aromatic N) is 1. The molecule has 0 bridgehead atoms. The molecular formula is C8H9ClF3N3O2S. The molecule has 3 N–H and O–H groups in total. The predicted molar refractivity (Wildman–Crippen MR) is 60.7 cm³/mol. The summed E-state index contributed by atoms with van der Waals surface area (Å²) in [7, 11) is -3.69. The molecule has 18 heavy (non-hydrogen) atoms. The van der Waals surface area contributed by atoms with Gasteiger partial charge >= 0.3 is 6.18 Å². The summed E-state index contributed by atoms with van der Waals surface area (Å²) in [6, 6.07) is 1.40. The van der Waals surface area contributed by atoms with Gasteiger partial charge in [0, 0.05) is 6.54 Å². The number of alkyl halides is 3. The van der Waals surface area contributed by atoms with Crippen LogP contribution in [0, 0.1) is 0 Å². The predicted octanol–water partition coefficient (Wildman–Crippen LogP) is 1.45. The number of rotatable bonds is 4. The van der Waals surface area contributed by atoms with E-state index in [0.29, 0.717) is 6.07 Å². The highest BCUT2D eigenvalue weighted by molar-refractivity contribution is 7.89. The third-order valence-corrected chi connectivity index (χ3v) is 2.78. The Balaban J connectivity index is 2.81. The van der Waals surface area contributed by atoms with Crippen LogP contribution in [0.2, 0.25) is 5.15 Å². The second kappa shape index (κ2) is 5.29. The molecule has 1 rings (SSSR count). The van der Waals surface area contributed by atoms with Crippen LogP contribution in [0.15, 0.2) is 12.1 Å². The van der Waals surface area contributed by atoms with Crippen molar-refractivity contribution in [2.75, 3.05) is 17.6 Å². The van der Waals surface area contributed by atoms with Crippen molar-refractivity contribution < 1.29 is 21.6 Å². The maximum atomic E-state index is 12.4. The minimum Gasteiger partial charge on any atom is -0.369 e. The van der Waals surface area contributed by atoms with E-state index in [-0.39, 0.29) is 17.5 Å². The van der Waals surface area contributed by atoms with Gasteiger partial charge in [-0.2, -0.15) is 13.2 Å². The number of pyridine rings is 1. The van der Waals surface area contributed by atoms with E-state index in [2.05, 4.69) is 10.3 Å². The quantitative estimate of drug-likeness (QED) is 0.825. The van der Waals surface area contributed by atoms with Gasteiger partial charge < -0.3 is 5.32 Å². The number of aromatic nitrogens is 1. The summed E-state index contributed by atoms with van der Waals surface area (Å²) >= 11 is 5.43. The molecule has 1 heterocycles. The lowest BCUT2D eigenvalue weighted by Crippen LogP contribution is -2.22. The van der Waals surface area contributed by atoms with Crippen LogP contribution in [-0.4, -0.2) is 25.7 Å². The first-order valence-corrected chi connectivity index (χ1v) is 6.66. The number of hydrogen-bond donors (Lipinski definition) is 2. The van der Waals surface area contributed by atoms with Gasteiger partial charge in [0.1, 0.15) is 11.0 Å². The molecule has 0 radical (unpaired) electrons. The Hall–Kier alpha value is -1.06. The van der Waals surface area contributed by atoms with Crippen molar-refractivity contribution in [3.05, 3.63) is 22.8 Å². The van der Waals surface area contributed by atoms with E-state index in [0.717, 1.165) is 6.07 Å². The van der Waals surface area contributed by atoms with Crippen molar-refractivity contribution in [1.29, 1.82) is 0 Å². The van der Waals surface area contributed by atoms with Crippen molar-refractivity contribution in [2.45, 2.75) is 6.18 Å². The molecule has 0 aliphatic rings. The third-order valence-electron chi connectivity index (χ3n) is 1.81. The Labute approximate surface area is 106 Å². The molecule has 0 aliphatic heterocycles. The Kier molecular flexibility index (Phi) is 4.41. The standard InChI is InChI=1S/C8H9ClF3N3O2S/c9-6-3-5(8(10,11)12)4-7(15-6)14-1-2-18(13,16)17/h3-4H,1-2H2,(H,14,15)(H2,13,16,17). The van der Waals surface area contributed by atoms with Crippen LogP contribution < -0.4 is 10.5 Å². The van der Waals surface area contributed by atoms with Crippen LogP contribution in [0.1, 0.15) is 5.56 Å². The Bertz CT molecular complexity index is 533. The molecule has 0 aromatic carbocycles. The van der Waals surface area contributed by atoms with E-state index in [1.165, 1.54) is 0 Å². The van der Waals surface area contributed by atoms with Crippen LogP contribution >= 0.6 is 11.6 Å². The first kappa shape index (κ1) is 15.0. The van der Waals surface area contributed by atoms with E-state index in [4.69, 9.17) is 16.7 Å². The van der Waals surface area contributed by atoms with Crippen molar-refractivity contribution >= 4 is 27.4 Å². The van der Waals surface area contributed by atoms with Gasteiger partial charge in [0.25, 0.3) is 0 Å². The largest absolute Gasteiger partial charge is 0.416 e. The smallest absolute Gasteiger partial charge is 0.369 e. The summed E-state index contributed by atoms with van der Waals surface area (Å²) in [5.41, 5.74) is -0.972. The zero-order valence-electron chi connectivity index (χ0n) is 8.83. The number of sulfonamides is 1. The Morgan fingerprint density at radius 2 is 2.00 bits per heavy atom. The number of nitrogens with two attached hydrogens (primary N) is 1. The molecule has 0 saturated carbocycles. The minimum atomic E-state index is -4.55. The van der Waals surface area contributed by atoms with Crippen LogP contribution in [0.5, 0.6) is 0 Å². The zero-order valence-corrected chi connectivity index (χ0v) is 10.4. The van der Waals surface area contributed by atoms with Crippen LogP contribution in [0.25, 0.3) is 0 Å². The lowest BCUT2D eigenvalue weighted by Gasteiger charge is -2.10. The monoisotopic (exact) mass is 303 g/mol. The molecule has 0 atom stereocenters. The number of halogens is 4. The first-order chi connectivity index (χ1) is 8.08. The van der Waals surface area contributed by atoms with E-state index in [9.17, 15) is 21.6 Å². The number of nitrogens with one attached hydrogen (secondary N) is 1. The average Bonchev–Trinajstić information content (AvgIpc) is 2.13. The fourth-order valence-electron chi connectivity index (χ4n) is 1.07. The zero-order chi connectivity index (χ0) is 14.0. The molecule has 10 heteroatoms. The van der Waals surface area contributed by atoms with Gasteiger partial charge in [-0.25, -0.2) is 18.5 Å². The van der Waals surface area contributed by atoms with Crippen LogP contribution in [0.3, 0.4) is 0 Å². The van der Waals surface area contributed by atoms with Gasteiger partial charge in [0.15, 0.2) is 0 Å². The average molecular weight is 304 g/mol. The minimum absolute atomic E-state index is 0.163. The van der Waals surface area contributed by atoms with E-state index in [1.54, 1.807) is 0 Å². The first-order valence-electron chi connectivity index (χ1n) is 4.57. The van der Waals surface area contributed by atoms with Gasteiger partial charge in [-0.3, -0.25) is 0 Å². The summed E-state index contributed by atoms with van der Waals surface area (Å²) < 4.78 is 58.5. The molecular weight excluding hydrogens is 295 g/mol. The lowest BCUT2D eigenvalue weighted by molar-refractivity contribution is -0.137. The van der Waals surface area contributed by atoms with Gasteiger partial charge in [0.05, 0.1) is 11.3 Å². The molecule has 0 spiro atoms. The van der Waals surface area contributed by atoms with Crippen LogP contribution in [-0.2, 0) is 16.2 Å². The SMILES string of the molecule is NS(=O)(=O)CCNc1cc(C(F)(F)F)cc(Cl)n1. The summed E-state index contributed by atoms with van der Waals surface area (Å²) in [4.78, 5) is 3.59. The summed E-state index contributed by atoms with van der Waals surface area (Å²) in [5.74, 6) is -0.596. The Morgan fingerprint density at radius 1 is 1.39 bits per heavy atom. The maximum absolute atomic E-state index is 12.4. The number of primary sulfonamides is 1. The lowest BCUT2D eigenvalue weighted by atomic mass is 10.2. The highest BCUT2D eigenvalue weighted by Gasteiger charge is 2.31. The second-order valence-electron chi connectivity index (χ2n) is 3.36. The molecule has 5 nitrogen and oxygen atoms in total. The highest BCUT2D eigenvalue weighted by Crippen LogP contribution is 2.31. The van der Waals surface area contributed by atoms with Gasteiger partial charge in [-0.05, 0) is 12.1 Å². The van der Waals surface area contributed by atoms with Crippen molar-refractivity contribution in [2.24, 2.45) is 5.14 Å².